The van der Waals surface area contributed by atoms with Gasteiger partial charge in [-0.2, -0.15) is 5.10 Å². The molecular weight excluding hydrogens is 446 g/mol. The molecule has 0 aliphatic heterocycles. The second-order valence-corrected chi connectivity index (χ2v) is 8.06. The molecule has 4 aromatic carbocycles. The third-order valence-corrected chi connectivity index (χ3v) is 5.48. The summed E-state index contributed by atoms with van der Waals surface area (Å²) >= 11 is 5.88. The fourth-order valence-electron chi connectivity index (χ4n) is 3.33. The number of halogens is 1. The number of benzene rings is 4. The summed E-state index contributed by atoms with van der Waals surface area (Å²) in [5, 5.41) is 7.66. The molecule has 2 amide bonds. The van der Waals surface area contributed by atoms with Crippen molar-refractivity contribution in [3.8, 4) is 11.1 Å². The van der Waals surface area contributed by atoms with Gasteiger partial charge < -0.3 is 5.32 Å². The number of anilines is 1. The lowest BCUT2D eigenvalue weighted by Crippen LogP contribution is -2.19. The summed E-state index contributed by atoms with van der Waals surface area (Å²) in [5.41, 5.74) is 7.74. The summed E-state index contributed by atoms with van der Waals surface area (Å²) < 4.78 is 0. The van der Waals surface area contributed by atoms with Crippen molar-refractivity contribution >= 4 is 34.8 Å². The van der Waals surface area contributed by atoms with E-state index in [1.165, 1.54) is 0 Å². The number of amides is 2. The Morgan fingerprint density at radius 2 is 1.29 bits per heavy atom. The van der Waals surface area contributed by atoms with Crippen LogP contribution in [0.5, 0.6) is 0 Å². The fourth-order valence-corrected chi connectivity index (χ4v) is 3.46. The largest absolute Gasteiger partial charge is 0.322 e. The highest BCUT2D eigenvalue weighted by atomic mass is 35.5. The van der Waals surface area contributed by atoms with Gasteiger partial charge in [0, 0.05) is 21.8 Å². The smallest absolute Gasteiger partial charge is 0.271 e. The summed E-state index contributed by atoms with van der Waals surface area (Å²) in [6.45, 7) is 1.79. The molecule has 6 heteroatoms. The highest BCUT2D eigenvalue weighted by molar-refractivity contribution is 6.30. The van der Waals surface area contributed by atoms with Crippen LogP contribution in [-0.2, 0) is 0 Å². The fraction of sp³-hybridized carbons (Fsp3) is 0.0357. The Hall–Kier alpha value is -4.22. The van der Waals surface area contributed by atoms with Crippen LogP contribution >= 0.6 is 11.6 Å². The van der Waals surface area contributed by atoms with Crippen molar-refractivity contribution in [2.24, 2.45) is 5.10 Å². The average Bonchev–Trinajstić information content (AvgIpc) is 2.88. The molecule has 0 bridgehead atoms. The molecule has 0 spiro atoms. The molecule has 0 aliphatic carbocycles. The Kier molecular flexibility index (Phi) is 7.16. The van der Waals surface area contributed by atoms with Crippen molar-refractivity contribution in [2.75, 3.05) is 5.32 Å². The molecule has 0 unspecified atom stereocenters. The van der Waals surface area contributed by atoms with Crippen molar-refractivity contribution in [3.63, 3.8) is 0 Å². The number of hydrogen-bond acceptors (Lipinski definition) is 3. The van der Waals surface area contributed by atoms with Gasteiger partial charge in [0.1, 0.15) is 0 Å². The molecular formula is C28H22ClN3O2. The van der Waals surface area contributed by atoms with Crippen LogP contribution < -0.4 is 10.7 Å². The maximum absolute atomic E-state index is 12.5. The first-order chi connectivity index (χ1) is 16.5. The maximum Gasteiger partial charge on any atom is 0.271 e. The van der Waals surface area contributed by atoms with Crippen LogP contribution in [0.3, 0.4) is 0 Å². The summed E-state index contributed by atoms with van der Waals surface area (Å²) in [4.78, 5) is 25.0. The van der Waals surface area contributed by atoms with Gasteiger partial charge in [0.25, 0.3) is 11.8 Å². The topological polar surface area (TPSA) is 70.6 Å². The van der Waals surface area contributed by atoms with Gasteiger partial charge in [0.15, 0.2) is 0 Å². The van der Waals surface area contributed by atoms with E-state index in [2.05, 4.69) is 15.8 Å². The van der Waals surface area contributed by atoms with Gasteiger partial charge in [-0.15, -0.1) is 0 Å². The molecule has 0 aliphatic rings. The normalized spacial score (nSPS) is 11.1. The summed E-state index contributed by atoms with van der Waals surface area (Å²) in [7, 11) is 0. The van der Waals surface area contributed by atoms with Crippen LogP contribution in [0.15, 0.2) is 108 Å². The molecule has 0 aromatic heterocycles. The third kappa shape index (κ3) is 5.77. The number of carbonyl (C=O) groups excluding carboxylic acids is 2. The van der Waals surface area contributed by atoms with Gasteiger partial charge >= 0.3 is 0 Å². The van der Waals surface area contributed by atoms with E-state index in [0.717, 1.165) is 16.7 Å². The Balaban J connectivity index is 1.40. The van der Waals surface area contributed by atoms with Crippen LogP contribution in [0.25, 0.3) is 11.1 Å². The van der Waals surface area contributed by atoms with Crippen molar-refractivity contribution in [1.29, 1.82) is 0 Å². The van der Waals surface area contributed by atoms with E-state index >= 15 is 0 Å². The van der Waals surface area contributed by atoms with Crippen LogP contribution in [-0.4, -0.2) is 17.5 Å². The van der Waals surface area contributed by atoms with Gasteiger partial charge in [-0.1, -0.05) is 66.2 Å². The molecule has 0 atom stereocenters. The monoisotopic (exact) mass is 467 g/mol. The van der Waals surface area contributed by atoms with Gasteiger partial charge in [0.05, 0.1) is 5.71 Å². The van der Waals surface area contributed by atoms with Gasteiger partial charge in [0.2, 0.25) is 0 Å². The van der Waals surface area contributed by atoms with Crippen LogP contribution in [0.4, 0.5) is 5.69 Å². The Bertz CT molecular complexity index is 1330. The van der Waals surface area contributed by atoms with Crippen LogP contribution in [0, 0.1) is 0 Å². The molecule has 0 saturated carbocycles. The van der Waals surface area contributed by atoms with E-state index in [1.54, 1.807) is 55.5 Å². The third-order valence-electron chi connectivity index (χ3n) is 5.22. The van der Waals surface area contributed by atoms with E-state index in [9.17, 15) is 9.59 Å². The molecule has 5 nitrogen and oxygen atoms in total. The predicted octanol–water partition coefficient (Wildman–Crippen LogP) is 6.41. The molecule has 34 heavy (non-hydrogen) atoms. The number of carbonyl (C=O) groups is 2. The quantitative estimate of drug-likeness (QED) is 0.254. The van der Waals surface area contributed by atoms with Gasteiger partial charge in [-0.05, 0) is 72.1 Å². The SMILES string of the molecule is CC(=NNC(=O)c1ccc(-c2ccccc2)cc1)c1cccc(NC(=O)c2ccc(Cl)cc2)c1. The number of rotatable bonds is 6. The van der Waals surface area contributed by atoms with Gasteiger partial charge in [-0.25, -0.2) is 5.43 Å². The van der Waals surface area contributed by atoms with E-state index in [0.29, 0.717) is 27.5 Å². The summed E-state index contributed by atoms with van der Waals surface area (Å²) in [6, 6.07) is 31.3. The minimum atomic E-state index is -0.300. The van der Waals surface area contributed by atoms with E-state index < -0.39 is 0 Å². The van der Waals surface area contributed by atoms with Crippen LogP contribution in [0.2, 0.25) is 5.02 Å². The highest BCUT2D eigenvalue weighted by Crippen LogP contribution is 2.19. The Morgan fingerprint density at radius 1 is 0.676 bits per heavy atom. The Labute approximate surface area is 203 Å². The lowest BCUT2D eigenvalue weighted by molar-refractivity contribution is 0.0954. The molecule has 0 radical (unpaired) electrons. The van der Waals surface area contributed by atoms with Crippen molar-refractivity contribution in [3.05, 3.63) is 125 Å². The number of hydrogen-bond donors (Lipinski definition) is 2. The van der Waals surface area contributed by atoms with E-state index in [-0.39, 0.29) is 11.8 Å². The summed E-state index contributed by atoms with van der Waals surface area (Å²) in [5.74, 6) is -0.540. The molecule has 0 heterocycles. The Morgan fingerprint density at radius 3 is 2.00 bits per heavy atom. The van der Waals surface area contributed by atoms with E-state index in [1.807, 2.05) is 54.6 Å². The van der Waals surface area contributed by atoms with Crippen molar-refractivity contribution in [2.45, 2.75) is 6.92 Å². The minimum Gasteiger partial charge on any atom is -0.322 e. The van der Waals surface area contributed by atoms with Crippen LogP contribution in [0.1, 0.15) is 33.2 Å². The molecule has 2 N–H and O–H groups in total. The molecule has 4 aromatic rings. The molecule has 0 saturated heterocycles. The number of nitrogens with zero attached hydrogens (tertiary/aromatic N) is 1. The second-order valence-electron chi connectivity index (χ2n) is 7.62. The standard InChI is InChI=1S/C28H22ClN3O2/c1-19(24-8-5-9-26(18-24)30-27(33)22-14-16-25(29)17-15-22)31-32-28(34)23-12-10-21(11-13-23)20-6-3-2-4-7-20/h2-18H,1H3,(H,30,33)(H,32,34). The number of nitrogens with one attached hydrogen (secondary N) is 2. The first-order valence-electron chi connectivity index (χ1n) is 10.7. The van der Waals surface area contributed by atoms with Gasteiger partial charge in [-0.3, -0.25) is 9.59 Å². The lowest BCUT2D eigenvalue weighted by atomic mass is 10.0. The zero-order chi connectivity index (χ0) is 23.9. The lowest BCUT2D eigenvalue weighted by Gasteiger charge is -2.08. The van der Waals surface area contributed by atoms with Crippen molar-refractivity contribution < 1.29 is 9.59 Å². The van der Waals surface area contributed by atoms with Crippen molar-refractivity contribution in [1.82, 2.24) is 5.43 Å². The highest BCUT2D eigenvalue weighted by Gasteiger charge is 2.09. The zero-order valence-corrected chi connectivity index (χ0v) is 19.2. The van der Waals surface area contributed by atoms with E-state index in [4.69, 9.17) is 11.6 Å². The first kappa shape index (κ1) is 23.0. The number of hydrazone groups is 1. The first-order valence-corrected chi connectivity index (χ1v) is 11.0. The molecule has 4 rings (SSSR count). The summed E-state index contributed by atoms with van der Waals surface area (Å²) in [6.07, 6.45) is 0. The minimum absolute atomic E-state index is 0.240. The maximum atomic E-state index is 12.5. The predicted molar refractivity (Wildman–Crippen MR) is 137 cm³/mol. The second kappa shape index (κ2) is 10.6. The zero-order valence-electron chi connectivity index (χ0n) is 18.5. The average molecular weight is 468 g/mol. The molecule has 0 fully saturated rings. The molecule has 168 valence electrons.